The molecule has 0 aromatic rings. The number of aliphatic hydroxyl groups is 1. The van der Waals surface area contributed by atoms with Gasteiger partial charge in [-0.05, 0) is 26.3 Å². The van der Waals surface area contributed by atoms with Crippen molar-refractivity contribution in [2.75, 3.05) is 59.1 Å². The van der Waals surface area contributed by atoms with Crippen LogP contribution in [-0.4, -0.2) is 132 Å². The van der Waals surface area contributed by atoms with Crippen LogP contribution in [0.3, 0.4) is 0 Å². The van der Waals surface area contributed by atoms with Crippen molar-refractivity contribution in [1.82, 2.24) is 20.0 Å². The van der Waals surface area contributed by atoms with E-state index in [-0.39, 0.29) is 37.9 Å². The summed E-state index contributed by atoms with van der Waals surface area (Å²) in [5, 5.41) is 12.9. The van der Waals surface area contributed by atoms with E-state index in [9.17, 15) is 24.3 Å². The minimum atomic E-state index is -1.39. The monoisotopic (exact) mass is 638 g/mol. The lowest BCUT2D eigenvalue weighted by Crippen LogP contribution is -2.58. The number of carbonyl (C=O) groups is 4. The standard InChI is InChI=1S/C28H39BrN4O8/c1-17(16-34)33-24-26(37)32(9-8-31-10-12-39-13-11-31)7-5-3-4-6-20(35)30-15-18(2)40-27(38)21-22(25(33)36)28(24)14-19(29)23(21)41-28/h3,5,14,17-18,21-24,34H,4,6-13,15-16H2,1-2H3,(H,30,35)/b5-3-/t17-,18-,21+,22-,23+,24+,28-/m1/s1. The molecule has 3 amide bonds. The third kappa shape index (κ3) is 5.71. The first-order chi connectivity index (χ1) is 19.7. The van der Waals surface area contributed by atoms with E-state index in [4.69, 9.17) is 14.2 Å². The first kappa shape index (κ1) is 30.1. The second-order valence-electron chi connectivity index (χ2n) is 11.4. The number of allylic oxidation sites excluding steroid dienone is 1. The van der Waals surface area contributed by atoms with Gasteiger partial charge in [-0.15, -0.1) is 0 Å². The summed E-state index contributed by atoms with van der Waals surface area (Å²) in [7, 11) is 0. The van der Waals surface area contributed by atoms with Crippen LogP contribution in [0.15, 0.2) is 22.7 Å². The number of cyclic esters (lactones) is 1. The maximum Gasteiger partial charge on any atom is 0.313 e. The molecule has 0 saturated carbocycles. The van der Waals surface area contributed by atoms with Crippen molar-refractivity contribution in [2.24, 2.45) is 11.8 Å². The van der Waals surface area contributed by atoms with Gasteiger partial charge in [0.1, 0.15) is 29.8 Å². The largest absolute Gasteiger partial charge is 0.460 e. The number of halogens is 1. The number of aliphatic hydroxyl groups excluding tert-OH is 1. The van der Waals surface area contributed by atoms with Crippen molar-refractivity contribution in [2.45, 2.75) is 56.6 Å². The zero-order valence-corrected chi connectivity index (χ0v) is 25.1. The maximum atomic E-state index is 14.5. The maximum absolute atomic E-state index is 14.5. The highest BCUT2D eigenvalue weighted by Crippen LogP contribution is 2.59. The Bertz CT molecular complexity index is 1110. The first-order valence-electron chi connectivity index (χ1n) is 14.4. The summed E-state index contributed by atoms with van der Waals surface area (Å²) >= 11 is 3.53. The third-order valence-corrected chi connectivity index (χ3v) is 9.33. The number of hydrogen-bond acceptors (Lipinski definition) is 9. The van der Waals surface area contributed by atoms with E-state index in [1.54, 1.807) is 24.8 Å². The van der Waals surface area contributed by atoms with E-state index in [0.717, 1.165) is 13.1 Å². The molecule has 3 saturated heterocycles. The van der Waals surface area contributed by atoms with Crippen molar-refractivity contribution in [3.63, 3.8) is 0 Å². The van der Waals surface area contributed by atoms with E-state index in [0.29, 0.717) is 37.2 Å². The van der Waals surface area contributed by atoms with Crippen LogP contribution in [-0.2, 0) is 33.4 Å². The van der Waals surface area contributed by atoms with Crippen molar-refractivity contribution in [3.8, 4) is 0 Å². The van der Waals surface area contributed by atoms with Gasteiger partial charge in [0.05, 0.1) is 38.3 Å². The fourth-order valence-corrected chi connectivity index (χ4v) is 7.25. The summed E-state index contributed by atoms with van der Waals surface area (Å²) in [6.07, 6.45) is 4.83. The van der Waals surface area contributed by atoms with Crippen LogP contribution < -0.4 is 5.32 Å². The van der Waals surface area contributed by atoms with E-state index in [1.165, 1.54) is 4.90 Å². The molecule has 226 valence electrons. The predicted octanol–water partition coefficient (Wildman–Crippen LogP) is -0.201. The number of fused-ring (bicyclic) bond motifs is 2. The molecule has 41 heavy (non-hydrogen) atoms. The Balaban J connectivity index is 1.52. The quantitative estimate of drug-likeness (QED) is 0.310. The van der Waals surface area contributed by atoms with Crippen LogP contribution in [0.5, 0.6) is 0 Å². The van der Waals surface area contributed by atoms with Crippen molar-refractivity contribution in [3.05, 3.63) is 22.7 Å². The Morgan fingerprint density at radius 1 is 1.15 bits per heavy atom. The van der Waals surface area contributed by atoms with Crippen LogP contribution in [0.2, 0.25) is 0 Å². The molecule has 5 aliphatic rings. The lowest BCUT2D eigenvalue weighted by atomic mass is 9.74. The summed E-state index contributed by atoms with van der Waals surface area (Å²) < 4.78 is 18.2. The van der Waals surface area contributed by atoms with E-state index >= 15 is 0 Å². The number of carbonyl (C=O) groups excluding carboxylic acids is 4. The minimum Gasteiger partial charge on any atom is -0.460 e. The van der Waals surface area contributed by atoms with Gasteiger partial charge in [0, 0.05) is 43.6 Å². The summed E-state index contributed by atoms with van der Waals surface area (Å²) in [6, 6.07) is -1.76. The highest BCUT2D eigenvalue weighted by Gasteiger charge is 2.75. The van der Waals surface area contributed by atoms with E-state index < -0.39 is 53.6 Å². The van der Waals surface area contributed by atoms with Crippen LogP contribution >= 0.6 is 15.9 Å². The molecular weight excluding hydrogens is 600 g/mol. The number of amides is 3. The summed E-state index contributed by atoms with van der Waals surface area (Å²) in [5.41, 5.74) is -1.39. The predicted molar refractivity (Wildman–Crippen MR) is 150 cm³/mol. The average molecular weight is 640 g/mol. The Hall–Kier alpha value is -2.32. The molecule has 3 fully saturated rings. The van der Waals surface area contributed by atoms with Gasteiger partial charge in [-0.1, -0.05) is 28.1 Å². The lowest BCUT2D eigenvalue weighted by Gasteiger charge is -2.38. The van der Waals surface area contributed by atoms with E-state index in [1.807, 2.05) is 12.2 Å². The van der Waals surface area contributed by atoms with Crippen molar-refractivity contribution in [1.29, 1.82) is 0 Å². The second-order valence-corrected chi connectivity index (χ2v) is 12.3. The molecule has 2 N–H and O–H groups in total. The van der Waals surface area contributed by atoms with E-state index in [2.05, 4.69) is 26.1 Å². The molecular formula is C28H39BrN4O8. The zero-order chi connectivity index (χ0) is 29.3. The molecule has 0 aromatic heterocycles. The first-order valence-corrected chi connectivity index (χ1v) is 15.2. The Morgan fingerprint density at radius 2 is 1.90 bits per heavy atom. The van der Waals surface area contributed by atoms with Gasteiger partial charge in [0.15, 0.2) is 0 Å². The van der Waals surface area contributed by atoms with Gasteiger partial charge in [0.25, 0.3) is 0 Å². The number of esters is 1. The molecule has 5 bridgehead atoms. The topological polar surface area (TPSA) is 138 Å². The summed E-state index contributed by atoms with van der Waals surface area (Å²) in [4.78, 5) is 59.8. The summed E-state index contributed by atoms with van der Waals surface area (Å²) in [6.45, 7) is 7.21. The molecule has 5 heterocycles. The molecule has 0 aromatic carbocycles. The molecule has 5 aliphatic heterocycles. The van der Waals surface area contributed by atoms with Crippen molar-refractivity contribution < 1.29 is 38.5 Å². The molecule has 13 heteroatoms. The van der Waals surface area contributed by atoms with Gasteiger partial charge in [-0.2, -0.15) is 0 Å². The normalized spacial score (nSPS) is 36.6. The Labute approximate surface area is 248 Å². The Morgan fingerprint density at radius 3 is 2.63 bits per heavy atom. The number of likely N-dealkylation sites (tertiary alicyclic amines) is 1. The molecule has 5 rings (SSSR count). The second kappa shape index (κ2) is 12.5. The minimum absolute atomic E-state index is 0.136. The molecule has 7 atom stereocenters. The number of morpholine rings is 1. The molecule has 12 nitrogen and oxygen atoms in total. The third-order valence-electron chi connectivity index (χ3n) is 8.65. The Kier molecular flexibility index (Phi) is 9.19. The SMILES string of the molecule is C[C@@H]1CNC(=O)CC/C=C\CN(CCN2CCOCC2)C(=O)[C@@H]2N([C@H](C)CO)C(=O)[C@H]3[C@H](C(=O)O1)[C@H]1O[C@@]23C=C1Br. The van der Waals surface area contributed by atoms with Crippen LogP contribution in [0, 0.1) is 11.8 Å². The smallest absolute Gasteiger partial charge is 0.313 e. The number of ether oxygens (including phenoxy) is 3. The lowest BCUT2D eigenvalue weighted by molar-refractivity contribution is -0.159. The number of hydrogen-bond donors (Lipinski definition) is 2. The van der Waals surface area contributed by atoms with Gasteiger partial charge in [-0.3, -0.25) is 24.1 Å². The highest BCUT2D eigenvalue weighted by atomic mass is 79.9. The zero-order valence-electron chi connectivity index (χ0n) is 23.5. The fourth-order valence-electron chi connectivity index (χ4n) is 6.52. The van der Waals surface area contributed by atoms with Gasteiger partial charge in [0.2, 0.25) is 17.7 Å². The van der Waals surface area contributed by atoms with Crippen LogP contribution in [0.4, 0.5) is 0 Å². The number of nitrogens with zero attached hydrogens (tertiary/aromatic N) is 3. The van der Waals surface area contributed by atoms with Gasteiger partial charge < -0.3 is 34.4 Å². The molecule has 0 unspecified atom stereocenters. The van der Waals surface area contributed by atoms with Crippen molar-refractivity contribution >= 4 is 39.6 Å². The van der Waals surface area contributed by atoms with Gasteiger partial charge in [-0.25, -0.2) is 0 Å². The molecule has 0 radical (unpaired) electrons. The van der Waals surface area contributed by atoms with Crippen LogP contribution in [0.25, 0.3) is 0 Å². The molecule has 0 aliphatic carbocycles. The number of nitrogens with one attached hydrogen (secondary N) is 1. The highest BCUT2D eigenvalue weighted by molar-refractivity contribution is 9.11. The van der Waals surface area contributed by atoms with Crippen LogP contribution in [0.1, 0.15) is 26.7 Å². The average Bonchev–Trinajstić information content (AvgIpc) is 3.56. The summed E-state index contributed by atoms with van der Waals surface area (Å²) in [5.74, 6) is -3.50. The fraction of sp³-hybridized carbons (Fsp3) is 0.714. The molecule has 1 spiro atoms. The van der Waals surface area contributed by atoms with Gasteiger partial charge >= 0.3 is 5.97 Å². The number of rotatable bonds is 5.